The predicted octanol–water partition coefficient (Wildman–Crippen LogP) is -0.236. The summed E-state index contributed by atoms with van der Waals surface area (Å²) in [5.41, 5.74) is 11.2. The second-order valence-corrected chi connectivity index (χ2v) is 3.51. The van der Waals surface area contributed by atoms with Crippen molar-refractivity contribution in [1.29, 1.82) is 0 Å². The molecule has 0 saturated heterocycles. The maximum absolute atomic E-state index is 11.6. The molecule has 0 aromatic heterocycles. The zero-order chi connectivity index (χ0) is 13.4. The fourth-order valence-electron chi connectivity index (χ4n) is 1.30. The van der Waals surface area contributed by atoms with Gasteiger partial charge in [-0.05, 0) is 5.56 Å². The molecule has 0 aliphatic rings. The average molecular weight is 252 g/mol. The van der Waals surface area contributed by atoms with E-state index in [0.29, 0.717) is 0 Å². The SMILES string of the molecule is NCOC(=O)C(CN)C(=O)OCc1ccccc1. The van der Waals surface area contributed by atoms with Crippen molar-refractivity contribution in [2.45, 2.75) is 6.61 Å². The summed E-state index contributed by atoms with van der Waals surface area (Å²) in [5.74, 6) is -2.60. The van der Waals surface area contributed by atoms with E-state index in [1.54, 1.807) is 0 Å². The molecular formula is C12H16N2O4. The van der Waals surface area contributed by atoms with Gasteiger partial charge >= 0.3 is 11.9 Å². The first-order chi connectivity index (χ1) is 8.69. The fraction of sp³-hybridized carbons (Fsp3) is 0.333. The first-order valence-corrected chi connectivity index (χ1v) is 5.46. The molecule has 6 heteroatoms. The van der Waals surface area contributed by atoms with E-state index in [4.69, 9.17) is 16.2 Å². The first kappa shape index (κ1) is 14.1. The molecule has 0 fully saturated rings. The lowest BCUT2D eigenvalue weighted by Crippen LogP contribution is -2.35. The molecule has 0 amide bonds. The standard InChI is InChI=1S/C12H16N2O4/c13-6-10(12(16)18-8-14)11(15)17-7-9-4-2-1-3-5-9/h1-5,10H,6-8,13-14H2. The molecule has 0 radical (unpaired) electrons. The molecule has 1 aromatic rings. The van der Waals surface area contributed by atoms with E-state index in [1.807, 2.05) is 30.3 Å². The minimum Gasteiger partial charge on any atom is -0.460 e. The number of hydrogen-bond donors (Lipinski definition) is 2. The van der Waals surface area contributed by atoms with Gasteiger partial charge in [0.2, 0.25) is 0 Å². The van der Waals surface area contributed by atoms with Crippen LogP contribution in [0.2, 0.25) is 0 Å². The van der Waals surface area contributed by atoms with E-state index in [0.717, 1.165) is 5.56 Å². The molecule has 0 aliphatic carbocycles. The van der Waals surface area contributed by atoms with E-state index < -0.39 is 17.9 Å². The fourth-order valence-corrected chi connectivity index (χ4v) is 1.30. The van der Waals surface area contributed by atoms with Crippen molar-refractivity contribution in [2.75, 3.05) is 13.3 Å². The zero-order valence-electron chi connectivity index (χ0n) is 9.87. The minimum atomic E-state index is -1.13. The van der Waals surface area contributed by atoms with Crippen LogP contribution in [0.3, 0.4) is 0 Å². The van der Waals surface area contributed by atoms with Crippen LogP contribution in [-0.4, -0.2) is 25.2 Å². The number of esters is 2. The van der Waals surface area contributed by atoms with Crippen molar-refractivity contribution < 1.29 is 19.1 Å². The van der Waals surface area contributed by atoms with Crippen molar-refractivity contribution in [3.8, 4) is 0 Å². The number of benzene rings is 1. The maximum Gasteiger partial charge on any atom is 0.322 e. The van der Waals surface area contributed by atoms with Crippen LogP contribution in [0.25, 0.3) is 0 Å². The Morgan fingerprint density at radius 1 is 1.06 bits per heavy atom. The van der Waals surface area contributed by atoms with Gasteiger partial charge in [0.1, 0.15) is 13.3 Å². The number of ether oxygens (including phenoxy) is 2. The van der Waals surface area contributed by atoms with E-state index >= 15 is 0 Å². The lowest BCUT2D eigenvalue weighted by Gasteiger charge is -2.12. The molecule has 18 heavy (non-hydrogen) atoms. The van der Waals surface area contributed by atoms with Crippen LogP contribution in [0.15, 0.2) is 30.3 Å². The molecule has 98 valence electrons. The Hall–Kier alpha value is -1.92. The van der Waals surface area contributed by atoms with Gasteiger partial charge in [-0.3, -0.25) is 15.3 Å². The van der Waals surface area contributed by atoms with Crippen LogP contribution in [0.4, 0.5) is 0 Å². The zero-order valence-corrected chi connectivity index (χ0v) is 9.87. The van der Waals surface area contributed by atoms with Crippen LogP contribution in [0.5, 0.6) is 0 Å². The first-order valence-electron chi connectivity index (χ1n) is 5.46. The summed E-state index contributed by atoms with van der Waals surface area (Å²) in [6.07, 6.45) is 0. The Labute approximate surface area is 105 Å². The molecule has 6 nitrogen and oxygen atoms in total. The molecule has 0 aliphatic heterocycles. The molecule has 1 rings (SSSR count). The van der Waals surface area contributed by atoms with Gasteiger partial charge in [-0.25, -0.2) is 0 Å². The smallest absolute Gasteiger partial charge is 0.322 e. The van der Waals surface area contributed by atoms with Crippen molar-refractivity contribution >= 4 is 11.9 Å². The van der Waals surface area contributed by atoms with Crippen molar-refractivity contribution in [3.05, 3.63) is 35.9 Å². The summed E-state index contributed by atoms with van der Waals surface area (Å²) in [7, 11) is 0. The maximum atomic E-state index is 11.6. The van der Waals surface area contributed by atoms with E-state index in [1.165, 1.54) is 0 Å². The summed E-state index contributed by atoms with van der Waals surface area (Å²) in [5, 5.41) is 0. The summed E-state index contributed by atoms with van der Waals surface area (Å²) in [4.78, 5) is 23.0. The molecule has 1 atom stereocenters. The number of hydrogen-bond acceptors (Lipinski definition) is 6. The Morgan fingerprint density at radius 2 is 1.67 bits per heavy atom. The van der Waals surface area contributed by atoms with Gasteiger partial charge in [0, 0.05) is 6.54 Å². The van der Waals surface area contributed by atoms with Gasteiger partial charge in [0.15, 0.2) is 5.92 Å². The highest BCUT2D eigenvalue weighted by Gasteiger charge is 2.28. The molecule has 1 aromatic carbocycles. The molecule has 0 spiro atoms. The highest BCUT2D eigenvalue weighted by Crippen LogP contribution is 2.06. The largest absolute Gasteiger partial charge is 0.460 e. The monoisotopic (exact) mass is 252 g/mol. The summed E-state index contributed by atoms with van der Waals surface area (Å²) >= 11 is 0. The Bertz CT molecular complexity index is 394. The van der Waals surface area contributed by atoms with Gasteiger partial charge in [-0.15, -0.1) is 0 Å². The Balaban J connectivity index is 2.50. The Kier molecular flexibility index (Phi) is 5.83. The van der Waals surface area contributed by atoms with Gasteiger partial charge in [-0.2, -0.15) is 0 Å². The van der Waals surface area contributed by atoms with Crippen molar-refractivity contribution in [2.24, 2.45) is 17.4 Å². The molecular weight excluding hydrogens is 236 g/mol. The van der Waals surface area contributed by atoms with Gasteiger partial charge < -0.3 is 15.2 Å². The third kappa shape index (κ3) is 4.15. The summed E-state index contributed by atoms with van der Waals surface area (Å²) < 4.78 is 9.51. The van der Waals surface area contributed by atoms with E-state index in [-0.39, 0.29) is 19.9 Å². The van der Waals surface area contributed by atoms with Gasteiger partial charge in [-0.1, -0.05) is 30.3 Å². The van der Waals surface area contributed by atoms with Crippen molar-refractivity contribution in [3.63, 3.8) is 0 Å². The summed E-state index contributed by atoms with van der Waals surface area (Å²) in [6.45, 7) is -0.375. The predicted molar refractivity (Wildman–Crippen MR) is 63.9 cm³/mol. The van der Waals surface area contributed by atoms with Crippen LogP contribution in [0, 0.1) is 5.92 Å². The normalized spacial score (nSPS) is 11.7. The summed E-state index contributed by atoms with van der Waals surface area (Å²) in [6, 6.07) is 9.12. The third-order valence-corrected chi connectivity index (χ3v) is 2.25. The highest BCUT2D eigenvalue weighted by atomic mass is 16.6. The highest BCUT2D eigenvalue weighted by molar-refractivity contribution is 5.95. The topological polar surface area (TPSA) is 105 Å². The van der Waals surface area contributed by atoms with Gasteiger partial charge in [0.05, 0.1) is 0 Å². The molecule has 0 heterocycles. The lowest BCUT2D eigenvalue weighted by molar-refractivity contribution is -0.162. The van der Waals surface area contributed by atoms with Crippen LogP contribution in [-0.2, 0) is 25.7 Å². The second kappa shape index (κ2) is 7.41. The number of carbonyl (C=O) groups excluding carboxylic acids is 2. The van der Waals surface area contributed by atoms with Crippen LogP contribution in [0.1, 0.15) is 5.56 Å². The average Bonchev–Trinajstić information content (AvgIpc) is 2.39. The van der Waals surface area contributed by atoms with Crippen LogP contribution >= 0.6 is 0 Å². The quantitative estimate of drug-likeness (QED) is 0.411. The van der Waals surface area contributed by atoms with E-state index in [2.05, 4.69) is 4.74 Å². The number of carbonyl (C=O) groups is 2. The second-order valence-electron chi connectivity index (χ2n) is 3.51. The minimum absolute atomic E-state index is 0.0894. The Morgan fingerprint density at radius 3 is 2.22 bits per heavy atom. The number of rotatable bonds is 6. The molecule has 1 unspecified atom stereocenters. The van der Waals surface area contributed by atoms with Gasteiger partial charge in [0.25, 0.3) is 0 Å². The number of nitrogens with two attached hydrogens (primary N) is 2. The van der Waals surface area contributed by atoms with Crippen LogP contribution < -0.4 is 11.5 Å². The third-order valence-electron chi connectivity index (χ3n) is 2.25. The van der Waals surface area contributed by atoms with Crippen molar-refractivity contribution in [1.82, 2.24) is 0 Å². The van der Waals surface area contributed by atoms with E-state index in [9.17, 15) is 9.59 Å². The molecule has 0 bridgehead atoms. The lowest BCUT2D eigenvalue weighted by atomic mass is 10.1. The molecule has 4 N–H and O–H groups in total. The molecule has 0 saturated carbocycles.